The monoisotopic (exact) mass is 312 g/mol. The number of aliphatic hydroxyl groups is 1. The number of Topliss-reactive ketones (excluding diaryl/α,β-unsaturated/α-hetero) is 1. The Hall–Kier alpha value is -2.24. The number of allylic oxidation sites excluding steroid dienone is 2. The third-order valence-electron chi connectivity index (χ3n) is 3.45. The van der Waals surface area contributed by atoms with Gasteiger partial charge in [-0.1, -0.05) is 12.1 Å². The number of hydrogen-bond donors (Lipinski definition) is 1. The molecule has 0 saturated heterocycles. The molecule has 118 valence electrons. The summed E-state index contributed by atoms with van der Waals surface area (Å²) >= 11 is 0. The van der Waals surface area contributed by atoms with Crippen LogP contribution in [0.3, 0.4) is 0 Å². The van der Waals surface area contributed by atoms with Crippen molar-refractivity contribution in [3.63, 3.8) is 0 Å². The minimum absolute atomic E-state index is 0.0653. The number of carbonyl (C=O) groups excluding carboxylic acids is 1. The van der Waals surface area contributed by atoms with Crippen molar-refractivity contribution < 1.29 is 27.8 Å². The van der Waals surface area contributed by atoms with Crippen molar-refractivity contribution in [2.24, 2.45) is 0 Å². The molecule has 0 bridgehead atoms. The van der Waals surface area contributed by atoms with Gasteiger partial charge in [0, 0.05) is 5.57 Å². The molecule has 0 aliphatic heterocycles. The first-order valence-electron chi connectivity index (χ1n) is 6.71. The van der Waals surface area contributed by atoms with Gasteiger partial charge in [0.2, 0.25) is 0 Å². The molecule has 0 unspecified atom stereocenters. The molecule has 0 heterocycles. The van der Waals surface area contributed by atoms with Gasteiger partial charge in [-0.2, -0.15) is 13.2 Å². The van der Waals surface area contributed by atoms with Gasteiger partial charge in [0.25, 0.3) is 5.78 Å². The van der Waals surface area contributed by atoms with Gasteiger partial charge in [-0.25, -0.2) is 0 Å². The zero-order chi connectivity index (χ0) is 16.3. The highest BCUT2D eigenvalue weighted by molar-refractivity contribution is 6.00. The quantitative estimate of drug-likeness (QED) is 0.909. The molecule has 0 radical (unpaired) electrons. The Bertz CT molecular complexity index is 625. The highest BCUT2D eigenvalue weighted by Gasteiger charge is 2.42. The lowest BCUT2D eigenvalue weighted by Crippen LogP contribution is -2.27. The van der Waals surface area contributed by atoms with Crippen LogP contribution in [0.25, 0.3) is 6.08 Å². The minimum atomic E-state index is -4.97. The first-order valence-corrected chi connectivity index (χ1v) is 6.71. The molecule has 0 aromatic heterocycles. The summed E-state index contributed by atoms with van der Waals surface area (Å²) in [5.41, 5.74) is 0.491. The first kappa shape index (κ1) is 16.1. The molecule has 1 aliphatic carbocycles. The van der Waals surface area contributed by atoms with Crippen molar-refractivity contribution in [3.8, 4) is 5.75 Å². The Kier molecular flexibility index (Phi) is 4.59. The molecule has 0 fully saturated rings. The number of aliphatic hydroxyl groups excluding tert-OH is 1. The molecule has 1 aliphatic rings. The summed E-state index contributed by atoms with van der Waals surface area (Å²) in [4.78, 5) is 11.3. The molecule has 6 heteroatoms. The summed E-state index contributed by atoms with van der Waals surface area (Å²) in [5, 5.41) is 9.99. The van der Waals surface area contributed by atoms with Crippen LogP contribution in [0.4, 0.5) is 13.2 Å². The summed E-state index contributed by atoms with van der Waals surface area (Å²) in [6.45, 7) is 0. The summed E-state index contributed by atoms with van der Waals surface area (Å²) in [6, 6.07) is 6.85. The van der Waals surface area contributed by atoms with Gasteiger partial charge in [0.15, 0.2) is 0 Å². The van der Waals surface area contributed by atoms with Crippen LogP contribution in [0, 0.1) is 0 Å². The molecule has 1 N–H and O–H groups in total. The number of benzene rings is 1. The molecule has 1 aromatic carbocycles. The maximum absolute atomic E-state index is 12.5. The average Bonchev–Trinajstić information content (AvgIpc) is 2.48. The fraction of sp³-hybridized carbons (Fsp3) is 0.312. The van der Waals surface area contributed by atoms with E-state index >= 15 is 0 Å². The minimum Gasteiger partial charge on any atom is -0.507 e. The molecule has 1 aromatic rings. The molecule has 3 nitrogen and oxygen atoms in total. The van der Waals surface area contributed by atoms with Gasteiger partial charge in [-0.3, -0.25) is 4.79 Å². The van der Waals surface area contributed by atoms with Crippen molar-refractivity contribution in [1.29, 1.82) is 0 Å². The average molecular weight is 312 g/mol. The van der Waals surface area contributed by atoms with Crippen LogP contribution in [0.5, 0.6) is 5.75 Å². The summed E-state index contributed by atoms with van der Waals surface area (Å²) < 4.78 is 42.6. The maximum Gasteiger partial charge on any atom is 0.454 e. The fourth-order valence-electron chi connectivity index (χ4n) is 2.32. The predicted molar refractivity (Wildman–Crippen MR) is 75.5 cm³/mol. The first-order chi connectivity index (χ1) is 10.3. The molecule has 2 rings (SSSR count). The predicted octanol–water partition coefficient (Wildman–Crippen LogP) is 4.21. The van der Waals surface area contributed by atoms with E-state index < -0.39 is 23.3 Å². The third kappa shape index (κ3) is 3.50. The van der Waals surface area contributed by atoms with E-state index in [-0.39, 0.29) is 6.42 Å². The Morgan fingerprint density at radius 1 is 1.23 bits per heavy atom. The van der Waals surface area contributed by atoms with Crippen LogP contribution in [-0.4, -0.2) is 24.2 Å². The van der Waals surface area contributed by atoms with E-state index in [9.17, 15) is 23.1 Å². The van der Waals surface area contributed by atoms with E-state index in [0.717, 1.165) is 0 Å². The number of hydrogen-bond acceptors (Lipinski definition) is 3. The van der Waals surface area contributed by atoms with E-state index in [1.54, 1.807) is 30.3 Å². The fourth-order valence-corrected chi connectivity index (χ4v) is 2.32. The normalized spacial score (nSPS) is 17.7. The lowest BCUT2D eigenvalue weighted by Gasteiger charge is -2.19. The molecular formula is C16H15F3O3. The van der Waals surface area contributed by atoms with Gasteiger partial charge >= 0.3 is 6.18 Å². The van der Waals surface area contributed by atoms with E-state index in [0.29, 0.717) is 29.7 Å². The SMILES string of the molecule is COc1ccc(C=C2CCCC(C(=O)C(F)(F)F)=C2O)cc1. The van der Waals surface area contributed by atoms with Gasteiger partial charge in [-0.15, -0.1) is 0 Å². The van der Waals surface area contributed by atoms with Crippen LogP contribution in [0.1, 0.15) is 24.8 Å². The van der Waals surface area contributed by atoms with E-state index in [1.165, 1.54) is 7.11 Å². The third-order valence-corrected chi connectivity index (χ3v) is 3.45. The van der Waals surface area contributed by atoms with Crippen LogP contribution in [0.15, 0.2) is 41.2 Å². The summed E-state index contributed by atoms with van der Waals surface area (Å²) in [7, 11) is 1.53. The lowest BCUT2D eigenvalue weighted by atomic mass is 9.89. The number of alkyl halides is 3. The molecule has 0 amide bonds. The number of rotatable bonds is 3. The van der Waals surface area contributed by atoms with Crippen molar-refractivity contribution in [2.45, 2.75) is 25.4 Å². The Labute approximate surface area is 125 Å². The van der Waals surface area contributed by atoms with Gasteiger partial charge in [-0.05, 0) is 48.6 Å². The maximum atomic E-state index is 12.5. The second-order valence-corrected chi connectivity index (χ2v) is 4.95. The number of carbonyl (C=O) groups is 1. The summed E-state index contributed by atoms with van der Waals surface area (Å²) in [6.07, 6.45) is -2.64. The second-order valence-electron chi connectivity index (χ2n) is 4.95. The molecule has 22 heavy (non-hydrogen) atoms. The van der Waals surface area contributed by atoms with E-state index in [2.05, 4.69) is 0 Å². The number of ether oxygens (including phenoxy) is 1. The zero-order valence-electron chi connectivity index (χ0n) is 11.9. The standard InChI is InChI=1S/C16H15F3O3/c1-22-12-7-5-10(6-8-12)9-11-3-2-4-13(14(11)20)15(21)16(17,18)19/h5-9,20H,2-4H2,1H3. The smallest absolute Gasteiger partial charge is 0.454 e. The number of halogens is 3. The largest absolute Gasteiger partial charge is 0.507 e. The van der Waals surface area contributed by atoms with Gasteiger partial charge < -0.3 is 9.84 Å². The Morgan fingerprint density at radius 3 is 2.41 bits per heavy atom. The van der Waals surface area contributed by atoms with Gasteiger partial charge in [0.1, 0.15) is 11.5 Å². The number of methoxy groups -OCH3 is 1. The van der Waals surface area contributed by atoms with E-state index in [1.807, 2.05) is 0 Å². The van der Waals surface area contributed by atoms with Crippen molar-refractivity contribution in [1.82, 2.24) is 0 Å². The van der Waals surface area contributed by atoms with Crippen molar-refractivity contribution in [3.05, 3.63) is 46.7 Å². The van der Waals surface area contributed by atoms with Crippen molar-refractivity contribution >= 4 is 11.9 Å². The second kappa shape index (κ2) is 6.25. The highest BCUT2D eigenvalue weighted by Crippen LogP contribution is 2.34. The van der Waals surface area contributed by atoms with Gasteiger partial charge in [0.05, 0.1) is 7.11 Å². The zero-order valence-corrected chi connectivity index (χ0v) is 11.9. The van der Waals surface area contributed by atoms with Crippen molar-refractivity contribution in [2.75, 3.05) is 7.11 Å². The molecule has 0 atom stereocenters. The number of ketones is 1. The Morgan fingerprint density at radius 2 is 1.86 bits per heavy atom. The molecular weight excluding hydrogens is 297 g/mol. The van der Waals surface area contributed by atoms with Crippen LogP contribution in [-0.2, 0) is 4.79 Å². The van der Waals surface area contributed by atoms with Crippen LogP contribution >= 0.6 is 0 Å². The lowest BCUT2D eigenvalue weighted by molar-refractivity contribution is -0.167. The highest BCUT2D eigenvalue weighted by atomic mass is 19.4. The van der Waals surface area contributed by atoms with Crippen LogP contribution in [0.2, 0.25) is 0 Å². The van der Waals surface area contributed by atoms with E-state index in [4.69, 9.17) is 4.74 Å². The molecule has 0 spiro atoms. The summed E-state index contributed by atoms with van der Waals surface area (Å²) in [5.74, 6) is -1.87. The Balaban J connectivity index is 2.34. The van der Waals surface area contributed by atoms with Crippen LogP contribution < -0.4 is 4.74 Å². The topological polar surface area (TPSA) is 46.5 Å². The molecule has 0 saturated carbocycles.